The molecule has 3 rings (SSSR count). The van der Waals surface area contributed by atoms with Crippen molar-refractivity contribution in [2.24, 2.45) is 0 Å². The molecule has 3 heteroatoms. The Labute approximate surface area is 106 Å². The molecule has 0 atom stereocenters. The van der Waals surface area contributed by atoms with Crippen LogP contribution in [0.4, 0.5) is 5.69 Å². The number of anilines is 1. The molecule has 0 saturated carbocycles. The van der Waals surface area contributed by atoms with Crippen LogP contribution in [0.25, 0.3) is 10.1 Å². The summed E-state index contributed by atoms with van der Waals surface area (Å²) in [6.45, 7) is 3.63. The molecular formula is C14H18N2S. The second kappa shape index (κ2) is 4.67. The van der Waals surface area contributed by atoms with Crippen LogP contribution >= 0.6 is 11.3 Å². The molecule has 0 aliphatic carbocycles. The van der Waals surface area contributed by atoms with Crippen LogP contribution in [0.15, 0.2) is 24.3 Å². The summed E-state index contributed by atoms with van der Waals surface area (Å²) in [6, 6.07) is 8.51. The average Bonchev–Trinajstić information content (AvgIpc) is 2.71. The van der Waals surface area contributed by atoms with Crippen molar-refractivity contribution in [1.29, 1.82) is 0 Å². The largest absolute Gasteiger partial charge is 0.399 e. The lowest BCUT2D eigenvalue weighted by molar-refractivity contribution is 0.223. The van der Waals surface area contributed by atoms with Gasteiger partial charge in [-0.15, -0.1) is 11.3 Å². The number of nitrogens with zero attached hydrogens (tertiary/aromatic N) is 1. The first-order chi connectivity index (χ1) is 8.31. The maximum absolute atomic E-state index is 5.81. The standard InChI is InChI=1S/C14H18N2S/c15-12-5-4-11-8-13(17-14(11)9-12)10-16-6-2-1-3-7-16/h4-5,8-9H,1-3,6-7,10,15H2. The highest BCUT2D eigenvalue weighted by Gasteiger charge is 2.11. The van der Waals surface area contributed by atoms with E-state index in [1.807, 2.05) is 17.4 Å². The van der Waals surface area contributed by atoms with E-state index < -0.39 is 0 Å². The van der Waals surface area contributed by atoms with Crippen molar-refractivity contribution in [3.05, 3.63) is 29.1 Å². The van der Waals surface area contributed by atoms with Crippen molar-refractivity contribution >= 4 is 27.1 Å². The van der Waals surface area contributed by atoms with Gasteiger partial charge in [-0.05, 0) is 49.5 Å². The Morgan fingerprint density at radius 1 is 1.12 bits per heavy atom. The zero-order valence-electron chi connectivity index (χ0n) is 9.98. The predicted molar refractivity (Wildman–Crippen MR) is 75.4 cm³/mol. The first-order valence-electron chi connectivity index (χ1n) is 6.31. The summed E-state index contributed by atoms with van der Waals surface area (Å²) in [5.41, 5.74) is 6.68. The second-order valence-electron chi connectivity index (χ2n) is 4.85. The molecule has 1 aliphatic rings. The van der Waals surface area contributed by atoms with E-state index in [-0.39, 0.29) is 0 Å². The molecular weight excluding hydrogens is 228 g/mol. The minimum Gasteiger partial charge on any atom is -0.399 e. The first kappa shape index (κ1) is 11.1. The molecule has 0 amide bonds. The highest BCUT2D eigenvalue weighted by Crippen LogP contribution is 2.28. The minimum atomic E-state index is 0.865. The number of nitrogens with two attached hydrogens (primary N) is 1. The lowest BCUT2D eigenvalue weighted by Crippen LogP contribution is -2.28. The Morgan fingerprint density at radius 2 is 1.94 bits per heavy atom. The van der Waals surface area contributed by atoms with Gasteiger partial charge in [-0.2, -0.15) is 0 Å². The Bertz CT molecular complexity index is 512. The predicted octanol–water partition coefficient (Wildman–Crippen LogP) is 3.47. The van der Waals surface area contributed by atoms with Gasteiger partial charge in [0.15, 0.2) is 0 Å². The van der Waals surface area contributed by atoms with Crippen LogP contribution in [0.3, 0.4) is 0 Å². The van der Waals surface area contributed by atoms with Gasteiger partial charge in [0.25, 0.3) is 0 Å². The van der Waals surface area contributed by atoms with Crippen molar-refractivity contribution in [2.45, 2.75) is 25.8 Å². The van der Waals surface area contributed by atoms with Gasteiger partial charge in [0.1, 0.15) is 0 Å². The van der Waals surface area contributed by atoms with Crippen LogP contribution in [0.2, 0.25) is 0 Å². The van der Waals surface area contributed by atoms with E-state index in [0.29, 0.717) is 0 Å². The summed E-state index contributed by atoms with van der Waals surface area (Å²) in [5, 5.41) is 1.33. The Kier molecular flexibility index (Phi) is 3.04. The monoisotopic (exact) mass is 246 g/mol. The van der Waals surface area contributed by atoms with Gasteiger partial charge in [0.2, 0.25) is 0 Å². The molecule has 1 aliphatic heterocycles. The summed E-state index contributed by atoms with van der Waals surface area (Å²) in [7, 11) is 0. The molecule has 1 saturated heterocycles. The lowest BCUT2D eigenvalue weighted by Gasteiger charge is -2.25. The van der Waals surface area contributed by atoms with Crippen LogP contribution in [-0.2, 0) is 6.54 Å². The van der Waals surface area contributed by atoms with Crippen molar-refractivity contribution in [1.82, 2.24) is 4.90 Å². The fraction of sp³-hybridized carbons (Fsp3) is 0.429. The van der Waals surface area contributed by atoms with Crippen molar-refractivity contribution in [3.8, 4) is 0 Å². The van der Waals surface area contributed by atoms with Crippen LogP contribution in [0.1, 0.15) is 24.1 Å². The molecule has 2 N–H and O–H groups in total. The highest BCUT2D eigenvalue weighted by atomic mass is 32.1. The van der Waals surface area contributed by atoms with E-state index in [0.717, 1.165) is 12.2 Å². The molecule has 0 unspecified atom stereocenters. The van der Waals surface area contributed by atoms with E-state index in [2.05, 4.69) is 23.1 Å². The van der Waals surface area contributed by atoms with Crippen LogP contribution in [0, 0.1) is 0 Å². The maximum Gasteiger partial charge on any atom is 0.0366 e. The van der Waals surface area contributed by atoms with Crippen molar-refractivity contribution in [3.63, 3.8) is 0 Å². The summed E-state index contributed by atoms with van der Waals surface area (Å²) in [5.74, 6) is 0. The molecule has 2 heterocycles. The molecule has 90 valence electrons. The average molecular weight is 246 g/mol. The summed E-state index contributed by atoms with van der Waals surface area (Å²) >= 11 is 1.88. The third-order valence-corrected chi connectivity index (χ3v) is 4.51. The molecule has 2 nitrogen and oxygen atoms in total. The van der Waals surface area contributed by atoms with Gasteiger partial charge in [0.05, 0.1) is 0 Å². The molecule has 0 radical (unpaired) electrons. The normalized spacial score (nSPS) is 17.6. The van der Waals surface area contributed by atoms with Gasteiger partial charge < -0.3 is 5.73 Å². The number of hydrogen-bond acceptors (Lipinski definition) is 3. The number of nitrogen functional groups attached to an aromatic ring is 1. The SMILES string of the molecule is Nc1ccc2cc(CN3CCCCC3)sc2c1. The number of benzene rings is 1. The van der Waals surface area contributed by atoms with E-state index in [4.69, 9.17) is 5.73 Å². The fourth-order valence-electron chi connectivity index (χ4n) is 2.52. The molecule has 1 aromatic heterocycles. The Hall–Kier alpha value is -1.06. The molecule has 17 heavy (non-hydrogen) atoms. The third-order valence-electron chi connectivity index (χ3n) is 3.42. The van der Waals surface area contributed by atoms with Gasteiger partial charge in [-0.1, -0.05) is 12.5 Å². The molecule has 0 spiro atoms. The Balaban J connectivity index is 1.80. The van der Waals surface area contributed by atoms with Gasteiger partial charge in [-0.25, -0.2) is 0 Å². The van der Waals surface area contributed by atoms with Crippen LogP contribution in [-0.4, -0.2) is 18.0 Å². The lowest BCUT2D eigenvalue weighted by atomic mass is 10.1. The Morgan fingerprint density at radius 3 is 2.76 bits per heavy atom. The smallest absolute Gasteiger partial charge is 0.0366 e. The van der Waals surface area contributed by atoms with Crippen LogP contribution in [0.5, 0.6) is 0 Å². The van der Waals surface area contributed by atoms with Crippen molar-refractivity contribution in [2.75, 3.05) is 18.8 Å². The van der Waals surface area contributed by atoms with E-state index >= 15 is 0 Å². The minimum absolute atomic E-state index is 0.865. The molecule has 1 aromatic carbocycles. The molecule has 0 bridgehead atoms. The quantitative estimate of drug-likeness (QED) is 0.822. The number of rotatable bonds is 2. The zero-order chi connectivity index (χ0) is 11.7. The highest BCUT2D eigenvalue weighted by molar-refractivity contribution is 7.19. The molecule has 2 aromatic rings. The summed E-state index contributed by atoms with van der Waals surface area (Å²) in [4.78, 5) is 4.03. The van der Waals surface area contributed by atoms with Crippen molar-refractivity contribution < 1.29 is 0 Å². The van der Waals surface area contributed by atoms with Gasteiger partial charge in [0, 0.05) is 21.8 Å². The number of hydrogen-bond donors (Lipinski definition) is 1. The number of likely N-dealkylation sites (tertiary alicyclic amines) is 1. The number of piperidine rings is 1. The number of fused-ring (bicyclic) bond motifs is 1. The van der Waals surface area contributed by atoms with E-state index in [1.54, 1.807) is 0 Å². The van der Waals surface area contributed by atoms with Gasteiger partial charge in [-0.3, -0.25) is 4.90 Å². The van der Waals surface area contributed by atoms with E-state index in [9.17, 15) is 0 Å². The summed E-state index contributed by atoms with van der Waals surface area (Å²) in [6.07, 6.45) is 4.12. The molecule has 1 fully saturated rings. The van der Waals surface area contributed by atoms with E-state index in [1.165, 1.54) is 47.3 Å². The van der Waals surface area contributed by atoms with Gasteiger partial charge >= 0.3 is 0 Å². The number of thiophene rings is 1. The topological polar surface area (TPSA) is 29.3 Å². The fourth-order valence-corrected chi connectivity index (χ4v) is 3.67. The third kappa shape index (κ3) is 2.45. The zero-order valence-corrected chi connectivity index (χ0v) is 10.8. The van der Waals surface area contributed by atoms with Crippen LogP contribution < -0.4 is 5.73 Å². The first-order valence-corrected chi connectivity index (χ1v) is 7.13. The second-order valence-corrected chi connectivity index (χ2v) is 6.02. The summed E-state index contributed by atoms with van der Waals surface area (Å²) < 4.78 is 1.32. The maximum atomic E-state index is 5.81.